The first-order chi connectivity index (χ1) is 13.4. The average Bonchev–Trinajstić information content (AvgIpc) is 3.15. The van der Waals surface area contributed by atoms with Gasteiger partial charge in [0, 0.05) is 23.9 Å². The van der Waals surface area contributed by atoms with Crippen molar-refractivity contribution in [3.05, 3.63) is 35.9 Å². The minimum absolute atomic E-state index is 0.144. The monoisotopic (exact) mass is 407 g/mol. The number of nitrogens with zero attached hydrogens (tertiary/aromatic N) is 1. The van der Waals surface area contributed by atoms with Crippen molar-refractivity contribution < 1.29 is 19.1 Å². The lowest BCUT2D eigenvalue weighted by molar-refractivity contribution is -0.124. The van der Waals surface area contributed by atoms with Crippen LogP contribution in [0.4, 0.5) is 4.79 Å². The number of thioether (sulfide) groups is 1. The van der Waals surface area contributed by atoms with Crippen LogP contribution >= 0.6 is 11.8 Å². The van der Waals surface area contributed by atoms with Crippen molar-refractivity contribution in [2.45, 2.75) is 39.3 Å². The molecule has 1 aliphatic heterocycles. The molecule has 0 saturated carbocycles. The topological polar surface area (TPSA) is 87.7 Å². The van der Waals surface area contributed by atoms with Gasteiger partial charge in [0.25, 0.3) is 5.91 Å². The van der Waals surface area contributed by atoms with Gasteiger partial charge >= 0.3 is 6.09 Å². The first-order valence-corrected chi connectivity index (χ1v) is 10.7. The van der Waals surface area contributed by atoms with Gasteiger partial charge in [0.15, 0.2) is 0 Å². The molecule has 2 rings (SSSR count). The van der Waals surface area contributed by atoms with Gasteiger partial charge < -0.3 is 20.3 Å². The van der Waals surface area contributed by atoms with Gasteiger partial charge in [-0.15, -0.1) is 11.8 Å². The lowest BCUT2D eigenvalue weighted by Gasteiger charge is -2.25. The number of nitrogens with one attached hydrogen (secondary N) is 2. The fourth-order valence-corrected chi connectivity index (χ4v) is 4.20. The number of carbonyl (C=O) groups excluding carboxylic acids is 3. The summed E-state index contributed by atoms with van der Waals surface area (Å²) in [5.41, 5.74) is 0.574. The number of carbonyl (C=O) groups is 3. The van der Waals surface area contributed by atoms with Gasteiger partial charge in [-0.25, -0.2) is 4.79 Å². The molecule has 2 atom stereocenters. The van der Waals surface area contributed by atoms with Crippen LogP contribution in [0.1, 0.15) is 37.6 Å². The highest BCUT2D eigenvalue weighted by atomic mass is 32.2. The van der Waals surface area contributed by atoms with E-state index in [-0.39, 0.29) is 17.9 Å². The standard InChI is InChI=1S/C20H29N3O4S/c1-4-27-20(26)22-16(10-14(2)3)11-21-18(24)17-12-28-13-23(17)19(25)15-8-6-5-7-9-15/h5-9,14,16-17H,4,10-13H2,1-3H3,(H,21,24)(H,22,26)/t16?,17-/m0/s1. The van der Waals surface area contributed by atoms with Crippen molar-refractivity contribution in [1.82, 2.24) is 15.5 Å². The fourth-order valence-electron chi connectivity index (χ4n) is 3.05. The van der Waals surface area contributed by atoms with E-state index < -0.39 is 12.1 Å². The summed E-state index contributed by atoms with van der Waals surface area (Å²) in [6, 6.07) is 8.23. The lowest BCUT2D eigenvalue weighted by atomic mass is 10.0. The highest BCUT2D eigenvalue weighted by molar-refractivity contribution is 7.99. The van der Waals surface area contributed by atoms with Gasteiger partial charge in [0.2, 0.25) is 5.91 Å². The van der Waals surface area contributed by atoms with Gasteiger partial charge in [0.05, 0.1) is 12.5 Å². The van der Waals surface area contributed by atoms with E-state index in [0.717, 1.165) is 0 Å². The molecule has 0 radical (unpaired) electrons. The number of rotatable bonds is 8. The zero-order valence-electron chi connectivity index (χ0n) is 16.6. The Bertz CT molecular complexity index is 669. The predicted molar refractivity (Wildman–Crippen MR) is 110 cm³/mol. The normalized spacial score (nSPS) is 17.3. The van der Waals surface area contributed by atoms with Gasteiger partial charge in [-0.1, -0.05) is 32.0 Å². The van der Waals surface area contributed by atoms with E-state index >= 15 is 0 Å². The molecule has 1 aliphatic rings. The molecule has 1 fully saturated rings. The molecule has 0 spiro atoms. The van der Waals surface area contributed by atoms with Crippen molar-refractivity contribution in [2.75, 3.05) is 24.8 Å². The summed E-state index contributed by atoms with van der Waals surface area (Å²) in [4.78, 5) is 38.8. The zero-order chi connectivity index (χ0) is 20.5. The number of alkyl carbamates (subject to hydrolysis) is 1. The molecule has 1 heterocycles. The molecule has 0 aromatic heterocycles. The Morgan fingerprint density at radius 2 is 1.96 bits per heavy atom. The molecular formula is C20H29N3O4S. The second-order valence-corrected chi connectivity index (χ2v) is 8.09. The summed E-state index contributed by atoms with van der Waals surface area (Å²) in [5, 5.41) is 5.69. The quantitative estimate of drug-likeness (QED) is 0.691. The molecule has 0 aliphatic carbocycles. The maximum Gasteiger partial charge on any atom is 0.407 e. The Labute approximate surface area is 170 Å². The molecule has 1 saturated heterocycles. The third kappa shape index (κ3) is 6.44. The van der Waals surface area contributed by atoms with Gasteiger partial charge in [-0.2, -0.15) is 0 Å². The van der Waals surface area contributed by atoms with Gasteiger partial charge in [-0.05, 0) is 31.4 Å². The van der Waals surface area contributed by atoms with Crippen molar-refractivity contribution in [3.8, 4) is 0 Å². The Morgan fingerprint density at radius 3 is 2.61 bits per heavy atom. The number of hydrogen-bond acceptors (Lipinski definition) is 5. The van der Waals surface area contributed by atoms with E-state index in [2.05, 4.69) is 24.5 Å². The summed E-state index contributed by atoms with van der Waals surface area (Å²) in [5.74, 6) is 1.05. The van der Waals surface area contributed by atoms with E-state index in [1.54, 1.807) is 35.7 Å². The van der Waals surface area contributed by atoms with Crippen molar-refractivity contribution in [1.29, 1.82) is 0 Å². The van der Waals surface area contributed by atoms with Crippen LogP contribution in [-0.4, -0.2) is 59.7 Å². The van der Waals surface area contributed by atoms with Crippen LogP contribution in [0.15, 0.2) is 30.3 Å². The Hall–Kier alpha value is -2.22. The van der Waals surface area contributed by atoms with E-state index in [0.29, 0.717) is 42.7 Å². The van der Waals surface area contributed by atoms with E-state index in [1.807, 2.05) is 18.2 Å². The third-order valence-corrected chi connectivity index (χ3v) is 5.35. The minimum Gasteiger partial charge on any atom is -0.450 e. The van der Waals surface area contributed by atoms with Crippen molar-refractivity contribution in [2.24, 2.45) is 5.92 Å². The molecule has 1 aromatic carbocycles. The molecule has 1 aromatic rings. The fraction of sp³-hybridized carbons (Fsp3) is 0.550. The van der Waals surface area contributed by atoms with E-state index in [1.165, 1.54) is 0 Å². The Morgan fingerprint density at radius 1 is 1.25 bits per heavy atom. The zero-order valence-corrected chi connectivity index (χ0v) is 17.5. The summed E-state index contributed by atoms with van der Waals surface area (Å²) in [7, 11) is 0. The maximum absolute atomic E-state index is 12.7. The predicted octanol–water partition coefficient (Wildman–Crippen LogP) is 2.48. The van der Waals surface area contributed by atoms with Gasteiger partial charge in [0.1, 0.15) is 6.04 Å². The number of ether oxygens (including phenoxy) is 1. The van der Waals surface area contributed by atoms with Crippen molar-refractivity contribution in [3.63, 3.8) is 0 Å². The summed E-state index contributed by atoms with van der Waals surface area (Å²) < 4.78 is 4.94. The Kier molecular flexibility index (Phi) is 8.63. The van der Waals surface area contributed by atoms with E-state index in [9.17, 15) is 14.4 Å². The van der Waals surface area contributed by atoms with Crippen LogP contribution in [-0.2, 0) is 9.53 Å². The smallest absolute Gasteiger partial charge is 0.407 e. The van der Waals surface area contributed by atoms with Crippen LogP contribution in [0, 0.1) is 5.92 Å². The summed E-state index contributed by atoms with van der Waals surface area (Å²) >= 11 is 1.56. The molecule has 1 unspecified atom stereocenters. The molecular weight excluding hydrogens is 378 g/mol. The molecule has 7 nitrogen and oxygen atoms in total. The van der Waals surface area contributed by atoms with Crippen molar-refractivity contribution >= 4 is 29.7 Å². The number of benzene rings is 1. The first kappa shape index (κ1) is 22.1. The highest BCUT2D eigenvalue weighted by Crippen LogP contribution is 2.23. The highest BCUT2D eigenvalue weighted by Gasteiger charge is 2.35. The van der Waals surface area contributed by atoms with Crippen LogP contribution in [0.5, 0.6) is 0 Å². The summed E-state index contributed by atoms with van der Waals surface area (Å²) in [6.45, 7) is 6.44. The first-order valence-electron chi connectivity index (χ1n) is 9.57. The maximum atomic E-state index is 12.7. The second kappa shape index (κ2) is 10.9. The second-order valence-electron chi connectivity index (χ2n) is 7.09. The SMILES string of the molecule is CCOC(=O)NC(CNC(=O)[C@@H]1CSCN1C(=O)c1ccccc1)CC(C)C. The molecule has 154 valence electrons. The largest absolute Gasteiger partial charge is 0.450 e. The molecule has 28 heavy (non-hydrogen) atoms. The summed E-state index contributed by atoms with van der Waals surface area (Å²) in [6.07, 6.45) is 0.227. The number of amides is 3. The molecule has 8 heteroatoms. The number of hydrogen-bond donors (Lipinski definition) is 2. The Balaban J connectivity index is 1.95. The van der Waals surface area contributed by atoms with Gasteiger partial charge in [-0.3, -0.25) is 9.59 Å². The molecule has 2 N–H and O–H groups in total. The molecule has 0 bridgehead atoms. The van der Waals surface area contributed by atoms with Crippen LogP contribution in [0.25, 0.3) is 0 Å². The van der Waals surface area contributed by atoms with E-state index in [4.69, 9.17) is 4.74 Å². The minimum atomic E-state index is -0.514. The lowest BCUT2D eigenvalue weighted by Crippen LogP contribution is -2.51. The van der Waals surface area contributed by atoms with Crippen LogP contribution in [0.3, 0.4) is 0 Å². The third-order valence-electron chi connectivity index (χ3n) is 4.34. The molecule has 3 amide bonds. The average molecular weight is 408 g/mol. The van der Waals surface area contributed by atoms with Crippen LogP contribution < -0.4 is 10.6 Å². The van der Waals surface area contributed by atoms with Crippen LogP contribution in [0.2, 0.25) is 0 Å².